The van der Waals surface area contributed by atoms with Gasteiger partial charge in [-0.1, -0.05) is 19.9 Å². The molecule has 0 aromatic heterocycles. The molecule has 1 aromatic rings. The predicted octanol–water partition coefficient (Wildman–Crippen LogP) is 1.83. The molecule has 0 radical (unpaired) electrons. The highest BCUT2D eigenvalue weighted by Gasteiger charge is 2.27. The average Bonchev–Trinajstić information content (AvgIpc) is 2.42. The third-order valence-electron chi connectivity index (χ3n) is 3.44. The first kappa shape index (κ1) is 17.3. The molecule has 118 valence electrons. The van der Waals surface area contributed by atoms with Crippen LogP contribution in [0.25, 0.3) is 0 Å². The molecular weight excluding hydrogens is 268 g/mol. The number of carbonyl (C=O) groups is 1. The highest BCUT2D eigenvalue weighted by molar-refractivity contribution is 5.85. The van der Waals surface area contributed by atoms with Crippen LogP contribution in [-0.4, -0.2) is 32.2 Å². The summed E-state index contributed by atoms with van der Waals surface area (Å²) in [6.45, 7) is 7.97. The fourth-order valence-corrected chi connectivity index (χ4v) is 1.89. The number of benzene rings is 1. The number of hydrogen-bond acceptors (Lipinski definition) is 4. The molecule has 1 amide bonds. The summed E-state index contributed by atoms with van der Waals surface area (Å²) in [5.74, 6) is 1.19. The summed E-state index contributed by atoms with van der Waals surface area (Å²) >= 11 is 0. The molecule has 0 saturated carbocycles. The smallest absolute Gasteiger partial charge is 0.239 e. The molecule has 21 heavy (non-hydrogen) atoms. The standard InChI is InChI=1S/C16H26N2O3/c1-15(2,10-18-14(19)16(3,4)17)11-7-8-12(20-5)13(9-11)21-6/h7-9H,10,17H2,1-6H3,(H,18,19). The van der Waals surface area contributed by atoms with Gasteiger partial charge in [-0.3, -0.25) is 4.79 Å². The SMILES string of the molecule is COc1ccc(C(C)(C)CNC(=O)C(C)(C)N)cc1OC. The number of rotatable bonds is 6. The van der Waals surface area contributed by atoms with Crippen molar-refractivity contribution in [2.45, 2.75) is 38.6 Å². The van der Waals surface area contributed by atoms with Gasteiger partial charge in [0.15, 0.2) is 11.5 Å². The number of nitrogens with two attached hydrogens (primary N) is 1. The van der Waals surface area contributed by atoms with E-state index < -0.39 is 5.54 Å². The number of methoxy groups -OCH3 is 2. The van der Waals surface area contributed by atoms with Crippen molar-refractivity contribution in [2.75, 3.05) is 20.8 Å². The number of hydrogen-bond donors (Lipinski definition) is 2. The average molecular weight is 294 g/mol. The second-order valence-electron chi connectivity index (χ2n) is 6.36. The van der Waals surface area contributed by atoms with Gasteiger partial charge < -0.3 is 20.5 Å². The molecule has 0 spiro atoms. The van der Waals surface area contributed by atoms with Gasteiger partial charge in [0.2, 0.25) is 5.91 Å². The largest absolute Gasteiger partial charge is 0.493 e. The Labute approximate surface area is 126 Å². The van der Waals surface area contributed by atoms with Crippen molar-refractivity contribution in [3.63, 3.8) is 0 Å². The van der Waals surface area contributed by atoms with E-state index in [1.807, 2.05) is 18.2 Å². The minimum atomic E-state index is -0.881. The van der Waals surface area contributed by atoms with E-state index in [4.69, 9.17) is 15.2 Å². The number of nitrogens with one attached hydrogen (secondary N) is 1. The van der Waals surface area contributed by atoms with Crippen molar-refractivity contribution >= 4 is 5.91 Å². The predicted molar refractivity (Wildman–Crippen MR) is 83.8 cm³/mol. The minimum Gasteiger partial charge on any atom is -0.493 e. The van der Waals surface area contributed by atoms with E-state index in [9.17, 15) is 4.79 Å². The number of ether oxygens (including phenoxy) is 2. The van der Waals surface area contributed by atoms with Gasteiger partial charge in [0.05, 0.1) is 19.8 Å². The molecule has 0 aliphatic rings. The molecule has 1 rings (SSSR count). The molecule has 0 atom stereocenters. The van der Waals surface area contributed by atoms with Crippen LogP contribution >= 0.6 is 0 Å². The number of amides is 1. The van der Waals surface area contributed by atoms with E-state index >= 15 is 0 Å². The third-order valence-corrected chi connectivity index (χ3v) is 3.44. The molecule has 0 heterocycles. The van der Waals surface area contributed by atoms with E-state index in [0.717, 1.165) is 5.56 Å². The Bertz CT molecular complexity index is 505. The van der Waals surface area contributed by atoms with Crippen molar-refractivity contribution in [3.05, 3.63) is 23.8 Å². The summed E-state index contributed by atoms with van der Waals surface area (Å²) in [6.07, 6.45) is 0. The van der Waals surface area contributed by atoms with Crippen LogP contribution in [0.4, 0.5) is 0 Å². The van der Waals surface area contributed by atoms with Crippen LogP contribution in [0, 0.1) is 0 Å². The molecule has 0 fully saturated rings. The topological polar surface area (TPSA) is 73.6 Å². The van der Waals surface area contributed by atoms with Crippen LogP contribution in [0.15, 0.2) is 18.2 Å². The molecule has 1 aromatic carbocycles. The van der Waals surface area contributed by atoms with E-state index in [-0.39, 0.29) is 11.3 Å². The molecule has 3 N–H and O–H groups in total. The quantitative estimate of drug-likeness (QED) is 0.839. The Morgan fingerprint density at radius 3 is 2.19 bits per heavy atom. The van der Waals surface area contributed by atoms with Gasteiger partial charge >= 0.3 is 0 Å². The van der Waals surface area contributed by atoms with Crippen LogP contribution < -0.4 is 20.5 Å². The molecule has 0 aliphatic heterocycles. The van der Waals surface area contributed by atoms with Crippen LogP contribution in [-0.2, 0) is 10.2 Å². The van der Waals surface area contributed by atoms with Gasteiger partial charge in [-0.2, -0.15) is 0 Å². The summed E-state index contributed by atoms with van der Waals surface area (Å²) in [7, 11) is 3.21. The van der Waals surface area contributed by atoms with Crippen LogP contribution in [0.2, 0.25) is 0 Å². The van der Waals surface area contributed by atoms with Gasteiger partial charge in [-0.15, -0.1) is 0 Å². The maximum absolute atomic E-state index is 11.9. The summed E-state index contributed by atoms with van der Waals surface area (Å²) in [5.41, 5.74) is 5.70. The Kier molecular flexibility index (Phi) is 5.23. The van der Waals surface area contributed by atoms with Crippen molar-refractivity contribution in [2.24, 2.45) is 5.73 Å². The Hall–Kier alpha value is -1.75. The first-order valence-electron chi connectivity index (χ1n) is 6.91. The molecule has 0 aliphatic carbocycles. The van der Waals surface area contributed by atoms with Crippen molar-refractivity contribution in [3.8, 4) is 11.5 Å². The monoisotopic (exact) mass is 294 g/mol. The van der Waals surface area contributed by atoms with Crippen LogP contribution in [0.1, 0.15) is 33.3 Å². The molecule has 5 nitrogen and oxygen atoms in total. The lowest BCUT2D eigenvalue weighted by molar-refractivity contribution is -0.125. The minimum absolute atomic E-state index is 0.170. The van der Waals surface area contributed by atoms with Gasteiger partial charge in [0, 0.05) is 12.0 Å². The fourth-order valence-electron chi connectivity index (χ4n) is 1.89. The van der Waals surface area contributed by atoms with E-state index in [0.29, 0.717) is 18.0 Å². The lowest BCUT2D eigenvalue weighted by atomic mass is 9.84. The normalized spacial score (nSPS) is 12.0. The van der Waals surface area contributed by atoms with Gasteiger partial charge in [0.25, 0.3) is 0 Å². The fraction of sp³-hybridized carbons (Fsp3) is 0.562. The zero-order chi connectivity index (χ0) is 16.3. The Balaban J connectivity index is 2.90. The van der Waals surface area contributed by atoms with Crippen molar-refractivity contribution in [1.29, 1.82) is 0 Å². The van der Waals surface area contributed by atoms with Crippen LogP contribution in [0.3, 0.4) is 0 Å². The first-order valence-corrected chi connectivity index (χ1v) is 6.91. The highest BCUT2D eigenvalue weighted by atomic mass is 16.5. The van der Waals surface area contributed by atoms with E-state index in [1.54, 1.807) is 28.1 Å². The van der Waals surface area contributed by atoms with Gasteiger partial charge in [0.1, 0.15) is 0 Å². The first-order chi connectivity index (χ1) is 9.61. The second kappa shape index (κ2) is 6.35. The summed E-state index contributed by atoms with van der Waals surface area (Å²) in [5, 5.41) is 2.89. The molecule has 0 unspecified atom stereocenters. The molecule has 5 heteroatoms. The zero-order valence-corrected chi connectivity index (χ0v) is 13.7. The summed E-state index contributed by atoms with van der Waals surface area (Å²) in [6, 6.07) is 5.77. The van der Waals surface area contributed by atoms with Gasteiger partial charge in [-0.25, -0.2) is 0 Å². The third kappa shape index (κ3) is 4.36. The molecular formula is C16H26N2O3. The Morgan fingerprint density at radius 2 is 1.71 bits per heavy atom. The van der Waals surface area contributed by atoms with Crippen molar-refractivity contribution < 1.29 is 14.3 Å². The Morgan fingerprint density at radius 1 is 1.14 bits per heavy atom. The lowest BCUT2D eigenvalue weighted by Crippen LogP contribution is -2.51. The number of carbonyl (C=O) groups excluding carboxylic acids is 1. The molecule has 0 saturated heterocycles. The van der Waals surface area contributed by atoms with Gasteiger partial charge in [-0.05, 0) is 31.5 Å². The molecule has 0 bridgehead atoms. The second-order valence-corrected chi connectivity index (χ2v) is 6.36. The van der Waals surface area contributed by atoms with E-state index in [2.05, 4.69) is 19.2 Å². The maximum atomic E-state index is 11.9. The van der Waals surface area contributed by atoms with Crippen LogP contribution in [0.5, 0.6) is 11.5 Å². The lowest BCUT2D eigenvalue weighted by Gasteiger charge is -2.28. The maximum Gasteiger partial charge on any atom is 0.239 e. The van der Waals surface area contributed by atoms with E-state index in [1.165, 1.54) is 0 Å². The summed E-state index contributed by atoms with van der Waals surface area (Å²) < 4.78 is 10.6. The zero-order valence-electron chi connectivity index (χ0n) is 13.7. The summed E-state index contributed by atoms with van der Waals surface area (Å²) in [4.78, 5) is 11.9. The highest BCUT2D eigenvalue weighted by Crippen LogP contribution is 2.32. The van der Waals surface area contributed by atoms with Crippen molar-refractivity contribution in [1.82, 2.24) is 5.32 Å².